The Hall–Kier alpha value is -1.74. The van der Waals surface area contributed by atoms with E-state index in [0.717, 1.165) is 16.0 Å². The molecule has 0 amide bonds. The van der Waals surface area contributed by atoms with Crippen molar-refractivity contribution < 1.29 is 4.73 Å². The molecule has 0 aliphatic rings. The van der Waals surface area contributed by atoms with Crippen LogP contribution >= 0.6 is 11.8 Å². The third kappa shape index (κ3) is 2.88. The van der Waals surface area contributed by atoms with Crippen LogP contribution in [-0.2, 0) is 5.75 Å². The summed E-state index contributed by atoms with van der Waals surface area (Å²) in [6, 6.07) is 13.5. The Balaban J connectivity index is 2.13. The minimum atomic E-state index is 0.714. The highest BCUT2D eigenvalue weighted by molar-refractivity contribution is 7.98. The molecule has 3 heteroatoms. The number of rotatable bonds is 4. The molecule has 0 atom stereocenters. The second kappa shape index (κ2) is 5.55. The SMILES string of the molecule is C=Cc1ccccc1CSc1cccc[n+]1[O-]. The zero-order valence-corrected chi connectivity index (χ0v) is 10.2. The van der Waals surface area contributed by atoms with Crippen LogP contribution in [0.15, 0.2) is 60.3 Å². The van der Waals surface area contributed by atoms with Crippen molar-refractivity contribution in [3.05, 3.63) is 71.6 Å². The molecule has 1 heterocycles. The maximum absolute atomic E-state index is 11.5. The molecule has 86 valence electrons. The van der Waals surface area contributed by atoms with Gasteiger partial charge in [-0.2, -0.15) is 4.73 Å². The first-order chi connectivity index (χ1) is 8.31. The lowest BCUT2D eigenvalue weighted by molar-refractivity contribution is -0.645. The average Bonchev–Trinajstić information content (AvgIpc) is 2.38. The maximum atomic E-state index is 11.5. The van der Waals surface area contributed by atoms with E-state index in [0.29, 0.717) is 5.03 Å². The van der Waals surface area contributed by atoms with Gasteiger partial charge in [-0.3, -0.25) is 0 Å². The molecule has 0 aliphatic heterocycles. The average molecular weight is 243 g/mol. The highest BCUT2D eigenvalue weighted by atomic mass is 32.2. The lowest BCUT2D eigenvalue weighted by Crippen LogP contribution is -2.27. The molecule has 17 heavy (non-hydrogen) atoms. The summed E-state index contributed by atoms with van der Waals surface area (Å²) in [6.07, 6.45) is 3.36. The summed E-state index contributed by atoms with van der Waals surface area (Å²) in [5.74, 6) is 0.772. The Kier molecular flexibility index (Phi) is 3.83. The van der Waals surface area contributed by atoms with Crippen molar-refractivity contribution in [1.29, 1.82) is 0 Å². The Labute approximate surface area is 105 Å². The highest BCUT2D eigenvalue weighted by Gasteiger charge is 2.06. The molecule has 0 saturated carbocycles. The van der Waals surface area contributed by atoms with Crippen molar-refractivity contribution in [2.45, 2.75) is 10.8 Å². The summed E-state index contributed by atoms with van der Waals surface area (Å²) in [5.41, 5.74) is 2.31. The van der Waals surface area contributed by atoms with Gasteiger partial charge in [0.15, 0.2) is 6.20 Å². The third-order valence-corrected chi connectivity index (χ3v) is 3.51. The van der Waals surface area contributed by atoms with Crippen LogP contribution in [0.4, 0.5) is 0 Å². The Morgan fingerprint density at radius 3 is 2.71 bits per heavy atom. The van der Waals surface area contributed by atoms with Crippen molar-refractivity contribution in [2.75, 3.05) is 0 Å². The monoisotopic (exact) mass is 243 g/mol. The van der Waals surface area contributed by atoms with Gasteiger partial charge >= 0.3 is 0 Å². The van der Waals surface area contributed by atoms with Crippen LogP contribution in [0.25, 0.3) is 6.08 Å². The molecule has 0 spiro atoms. The summed E-state index contributed by atoms with van der Waals surface area (Å²) in [7, 11) is 0. The van der Waals surface area contributed by atoms with Gasteiger partial charge in [0.1, 0.15) is 0 Å². The summed E-state index contributed by atoms with van der Waals surface area (Å²) in [4.78, 5) is 0. The summed E-state index contributed by atoms with van der Waals surface area (Å²) in [6.45, 7) is 3.79. The summed E-state index contributed by atoms with van der Waals surface area (Å²) < 4.78 is 0.890. The smallest absolute Gasteiger partial charge is 0.251 e. The Morgan fingerprint density at radius 2 is 1.94 bits per heavy atom. The van der Waals surface area contributed by atoms with Crippen molar-refractivity contribution in [3.8, 4) is 0 Å². The summed E-state index contributed by atoms with van der Waals surface area (Å²) in [5, 5.41) is 12.2. The number of nitrogens with zero attached hydrogens (tertiary/aromatic N) is 1. The zero-order valence-electron chi connectivity index (χ0n) is 9.37. The largest absolute Gasteiger partial charge is 0.618 e. The topological polar surface area (TPSA) is 26.9 Å². The van der Waals surface area contributed by atoms with Gasteiger partial charge < -0.3 is 5.21 Å². The number of aromatic nitrogens is 1. The lowest BCUT2D eigenvalue weighted by atomic mass is 10.1. The fourth-order valence-electron chi connectivity index (χ4n) is 1.54. The standard InChI is InChI=1S/C14H13NOS/c1-2-12-7-3-4-8-13(12)11-17-14-9-5-6-10-15(14)16/h2-10H,1,11H2. The van der Waals surface area contributed by atoms with E-state index in [-0.39, 0.29) is 0 Å². The number of hydrogen-bond acceptors (Lipinski definition) is 2. The number of thioether (sulfide) groups is 1. The fourth-order valence-corrected chi connectivity index (χ4v) is 2.47. The van der Waals surface area contributed by atoms with Crippen molar-refractivity contribution in [1.82, 2.24) is 0 Å². The Bertz CT molecular complexity index is 525. The van der Waals surface area contributed by atoms with Crippen LogP contribution in [0.1, 0.15) is 11.1 Å². The molecular formula is C14H13NOS. The molecule has 0 fully saturated rings. The van der Waals surface area contributed by atoms with E-state index in [4.69, 9.17) is 0 Å². The maximum Gasteiger partial charge on any atom is 0.251 e. The van der Waals surface area contributed by atoms with E-state index in [1.807, 2.05) is 36.4 Å². The van der Waals surface area contributed by atoms with Gasteiger partial charge in [-0.25, -0.2) is 0 Å². The van der Waals surface area contributed by atoms with Crippen LogP contribution in [0.2, 0.25) is 0 Å². The van der Waals surface area contributed by atoms with Gasteiger partial charge in [0, 0.05) is 17.9 Å². The molecule has 0 saturated heterocycles. The molecular weight excluding hydrogens is 230 g/mol. The van der Waals surface area contributed by atoms with E-state index >= 15 is 0 Å². The van der Waals surface area contributed by atoms with E-state index in [9.17, 15) is 5.21 Å². The zero-order chi connectivity index (χ0) is 12.1. The Morgan fingerprint density at radius 1 is 1.18 bits per heavy atom. The second-order valence-corrected chi connectivity index (χ2v) is 4.55. The molecule has 1 aromatic heterocycles. The number of pyridine rings is 1. The molecule has 0 aliphatic carbocycles. The van der Waals surface area contributed by atoms with Gasteiger partial charge in [-0.15, -0.1) is 0 Å². The second-order valence-electron chi connectivity index (χ2n) is 3.56. The fraction of sp³-hybridized carbons (Fsp3) is 0.0714. The first-order valence-corrected chi connectivity index (χ1v) is 6.31. The molecule has 2 rings (SSSR count). The van der Waals surface area contributed by atoms with Gasteiger partial charge in [0.05, 0.1) is 0 Å². The molecule has 2 nitrogen and oxygen atoms in total. The van der Waals surface area contributed by atoms with E-state index in [1.54, 1.807) is 6.07 Å². The van der Waals surface area contributed by atoms with Crippen LogP contribution < -0.4 is 4.73 Å². The lowest BCUT2D eigenvalue weighted by Gasteiger charge is -2.05. The van der Waals surface area contributed by atoms with Gasteiger partial charge in [-0.1, -0.05) is 48.7 Å². The van der Waals surface area contributed by atoms with Gasteiger partial charge in [-0.05, 0) is 17.2 Å². The highest BCUT2D eigenvalue weighted by Crippen LogP contribution is 2.22. The van der Waals surface area contributed by atoms with Crippen LogP contribution in [0, 0.1) is 5.21 Å². The van der Waals surface area contributed by atoms with Crippen molar-refractivity contribution in [3.63, 3.8) is 0 Å². The summed E-state index contributed by atoms with van der Waals surface area (Å²) >= 11 is 1.53. The molecule has 0 unspecified atom stereocenters. The normalized spacial score (nSPS) is 10.1. The third-order valence-electron chi connectivity index (χ3n) is 2.44. The van der Waals surface area contributed by atoms with Crippen LogP contribution in [-0.4, -0.2) is 0 Å². The molecule has 2 aromatic rings. The van der Waals surface area contributed by atoms with Crippen molar-refractivity contribution in [2.24, 2.45) is 0 Å². The minimum absolute atomic E-state index is 0.714. The predicted octanol–water partition coefficient (Wildman–Crippen LogP) is 3.26. The molecule has 0 N–H and O–H groups in total. The predicted molar refractivity (Wildman–Crippen MR) is 71.5 cm³/mol. The van der Waals surface area contributed by atoms with E-state index < -0.39 is 0 Å². The van der Waals surface area contributed by atoms with Gasteiger partial charge in [0.25, 0.3) is 5.03 Å². The quantitative estimate of drug-likeness (QED) is 0.468. The first kappa shape index (κ1) is 11.7. The number of benzene rings is 1. The van der Waals surface area contributed by atoms with Crippen LogP contribution in [0.5, 0.6) is 0 Å². The molecule has 0 radical (unpaired) electrons. The van der Waals surface area contributed by atoms with E-state index in [2.05, 4.69) is 12.6 Å². The first-order valence-electron chi connectivity index (χ1n) is 5.32. The van der Waals surface area contributed by atoms with E-state index in [1.165, 1.54) is 23.5 Å². The molecule has 1 aromatic carbocycles. The van der Waals surface area contributed by atoms with Crippen molar-refractivity contribution >= 4 is 17.8 Å². The van der Waals surface area contributed by atoms with Gasteiger partial charge in [0.2, 0.25) is 0 Å². The molecule has 0 bridgehead atoms. The minimum Gasteiger partial charge on any atom is -0.618 e. The van der Waals surface area contributed by atoms with Crippen LogP contribution in [0.3, 0.4) is 0 Å². The number of hydrogen-bond donors (Lipinski definition) is 0.